The third-order valence-corrected chi connectivity index (χ3v) is 16.0. The minimum Gasteiger partial charge on any atom is -0.433 e. The highest BCUT2D eigenvalue weighted by Gasteiger charge is 2.27. The fourth-order valence-electron chi connectivity index (χ4n) is 8.27. The molecule has 8 rings (SSSR count). The van der Waals surface area contributed by atoms with Gasteiger partial charge in [0.25, 0.3) is 5.69 Å². The van der Waals surface area contributed by atoms with E-state index in [1.807, 2.05) is 49.9 Å². The van der Waals surface area contributed by atoms with Crippen molar-refractivity contribution in [3.05, 3.63) is 120 Å². The van der Waals surface area contributed by atoms with Gasteiger partial charge in [-0.3, -0.25) is 10.1 Å². The summed E-state index contributed by atoms with van der Waals surface area (Å²) >= 11 is 0. The van der Waals surface area contributed by atoms with Gasteiger partial charge in [0.15, 0.2) is 11.5 Å². The van der Waals surface area contributed by atoms with Crippen LogP contribution in [0.4, 0.5) is 63.6 Å². The number of likely N-dealkylation sites (N-methyl/N-ethyl adjacent to an activating group) is 4. The quantitative estimate of drug-likeness (QED) is 0.0240. The van der Waals surface area contributed by atoms with E-state index in [4.69, 9.17) is 15.2 Å². The summed E-state index contributed by atoms with van der Waals surface area (Å²) in [6.45, 7) is -3.98. The second-order valence-electron chi connectivity index (χ2n) is 19.3. The van der Waals surface area contributed by atoms with E-state index in [1.54, 1.807) is 72.6 Å². The maximum Gasteiger partial charge on any atom is 0.387 e. The summed E-state index contributed by atoms with van der Waals surface area (Å²) in [5.74, 6) is -0.470. The zero-order chi connectivity index (χ0) is 60.0. The standard InChI is InChI=1S/C26H30F2N8O5S.C26H32F2N8O3S/c1-32(2)12-13-34(5)22-15-24(41-25(27)28)20(14-23(22)36(37)38)31-26-29-11-10-19(30-26)18-16-35(42(39,40)33(3)4)21-9-7-6-8-17(18)21;1-33(2)12-13-35(5)23-15-24(39-25(27)28)21(14-19(23)29)32-26-30-11-10-20(31-26)18-16-36(40(37,38)34(3)4)22-9-7-6-8-17(18)22/h6-11,14-16,25H,12-13H2,1-5H3,(H,29,30,31);6-11,14-16,25H,12-13,29H2,1-5H3,(H,30,31,32). The molecule has 0 aliphatic rings. The first kappa shape index (κ1) is 61.2. The zero-order valence-electron chi connectivity index (χ0n) is 46.4. The number of halogens is 4. The van der Waals surface area contributed by atoms with Crippen LogP contribution in [-0.2, 0) is 20.4 Å². The number of nitrogens with one attached hydrogen (secondary N) is 2. The molecule has 0 aliphatic heterocycles. The number of rotatable bonds is 23. The topological polar surface area (TPSA) is 261 Å². The summed E-state index contributed by atoms with van der Waals surface area (Å²) in [5.41, 5.74) is 9.58. The molecule has 4 N–H and O–H groups in total. The van der Waals surface area contributed by atoms with E-state index in [9.17, 15) is 44.5 Å². The van der Waals surface area contributed by atoms with Gasteiger partial charge in [-0.2, -0.15) is 43.0 Å². The molecule has 82 heavy (non-hydrogen) atoms. The molecule has 4 aromatic heterocycles. The number of hydrogen-bond acceptors (Lipinski definition) is 19. The maximum absolute atomic E-state index is 13.4. The average molecular weight is 1180 g/mol. The lowest BCUT2D eigenvalue weighted by atomic mass is 10.1. The number of hydrogen-bond donors (Lipinski definition) is 3. The Bertz CT molecular complexity index is 3810. The van der Waals surface area contributed by atoms with Gasteiger partial charge in [0.1, 0.15) is 5.69 Å². The summed E-state index contributed by atoms with van der Waals surface area (Å²) in [6.07, 6.45) is 5.80. The van der Waals surface area contributed by atoms with Crippen molar-refractivity contribution in [2.45, 2.75) is 13.2 Å². The van der Waals surface area contributed by atoms with Gasteiger partial charge < -0.3 is 45.4 Å². The van der Waals surface area contributed by atoms with E-state index in [1.165, 1.54) is 75.1 Å². The van der Waals surface area contributed by atoms with E-state index in [0.29, 0.717) is 75.3 Å². The summed E-state index contributed by atoms with van der Waals surface area (Å²) in [5, 5.41) is 18.9. The van der Waals surface area contributed by atoms with Crippen molar-refractivity contribution in [3.8, 4) is 34.0 Å². The highest BCUT2D eigenvalue weighted by Crippen LogP contribution is 2.41. The molecule has 0 fully saturated rings. The van der Waals surface area contributed by atoms with Crippen LogP contribution in [0.3, 0.4) is 0 Å². The van der Waals surface area contributed by atoms with E-state index < -0.39 is 38.6 Å². The zero-order valence-corrected chi connectivity index (χ0v) is 48.0. The minimum atomic E-state index is -3.87. The maximum atomic E-state index is 13.4. The molecule has 0 saturated heterocycles. The van der Waals surface area contributed by atoms with Crippen LogP contribution in [0.5, 0.6) is 11.5 Å². The highest BCUT2D eigenvalue weighted by molar-refractivity contribution is 7.88. The van der Waals surface area contributed by atoms with Gasteiger partial charge in [0.2, 0.25) is 11.9 Å². The van der Waals surface area contributed by atoms with Crippen molar-refractivity contribution < 1.29 is 48.8 Å². The molecule has 0 saturated carbocycles. The van der Waals surface area contributed by atoms with Crippen LogP contribution in [0.2, 0.25) is 0 Å². The Kier molecular flexibility index (Phi) is 19.1. The lowest BCUT2D eigenvalue weighted by Gasteiger charge is -2.24. The van der Waals surface area contributed by atoms with Crippen LogP contribution in [0, 0.1) is 10.1 Å². The van der Waals surface area contributed by atoms with Gasteiger partial charge in [-0.1, -0.05) is 36.4 Å². The predicted octanol–water partition coefficient (Wildman–Crippen LogP) is 7.68. The number of nitrogens with two attached hydrogens (primary N) is 1. The molecule has 0 aliphatic carbocycles. The number of nitrogen functional groups attached to an aromatic ring is 1. The van der Waals surface area contributed by atoms with Crippen LogP contribution in [-0.4, -0.2) is 178 Å². The minimum absolute atomic E-state index is 0.0806. The number of nitro benzene ring substituents is 1. The summed E-state index contributed by atoms with van der Waals surface area (Å²) in [4.78, 5) is 36.0. The molecular weight excluding hydrogens is 1120 g/mol. The van der Waals surface area contributed by atoms with Crippen molar-refractivity contribution in [2.75, 3.05) is 123 Å². The summed E-state index contributed by atoms with van der Waals surface area (Å²) in [6, 6.07) is 22.3. The molecule has 0 unspecified atom stereocenters. The highest BCUT2D eigenvalue weighted by atomic mass is 32.2. The molecule has 4 heterocycles. The van der Waals surface area contributed by atoms with Gasteiger partial charge in [-0.15, -0.1) is 0 Å². The third-order valence-electron chi connectivity index (χ3n) is 12.6. The van der Waals surface area contributed by atoms with Gasteiger partial charge in [0.05, 0.1) is 50.1 Å². The van der Waals surface area contributed by atoms with Crippen LogP contribution in [0.1, 0.15) is 0 Å². The van der Waals surface area contributed by atoms with Crippen LogP contribution < -0.4 is 35.6 Å². The molecule has 0 amide bonds. The lowest BCUT2D eigenvalue weighted by Crippen LogP contribution is -2.29. The second-order valence-corrected chi connectivity index (χ2v) is 23.3. The average Bonchev–Trinajstić information content (AvgIpc) is 4.04. The number of ether oxygens (including phenoxy) is 2. The van der Waals surface area contributed by atoms with Crippen LogP contribution in [0.25, 0.3) is 44.3 Å². The Morgan fingerprint density at radius 2 is 1.00 bits per heavy atom. The number of benzene rings is 4. The first-order chi connectivity index (χ1) is 38.7. The van der Waals surface area contributed by atoms with E-state index in [-0.39, 0.29) is 46.1 Å². The first-order valence-corrected chi connectivity index (χ1v) is 27.6. The Morgan fingerprint density at radius 3 is 1.40 bits per heavy atom. The lowest BCUT2D eigenvalue weighted by molar-refractivity contribution is -0.384. The normalized spacial score (nSPS) is 12.0. The number of nitro groups is 1. The van der Waals surface area contributed by atoms with Crippen molar-refractivity contribution in [2.24, 2.45) is 0 Å². The molecule has 4 aromatic carbocycles. The fraction of sp³-hybridized carbons (Fsp3) is 0.308. The van der Waals surface area contributed by atoms with Gasteiger partial charge in [-0.25, -0.2) is 27.9 Å². The van der Waals surface area contributed by atoms with Crippen molar-refractivity contribution >= 4 is 88.2 Å². The van der Waals surface area contributed by atoms with Crippen molar-refractivity contribution in [1.29, 1.82) is 0 Å². The molecule has 0 radical (unpaired) electrons. The number of anilines is 7. The number of alkyl halides is 4. The van der Waals surface area contributed by atoms with Gasteiger partial charge in [-0.05, 0) is 58.5 Å². The molecule has 8 aromatic rings. The molecule has 0 bridgehead atoms. The smallest absolute Gasteiger partial charge is 0.387 e. The van der Waals surface area contributed by atoms with E-state index >= 15 is 0 Å². The number of nitrogens with zero attached hydrogens (tertiary/aromatic N) is 13. The van der Waals surface area contributed by atoms with Crippen LogP contribution >= 0.6 is 0 Å². The largest absolute Gasteiger partial charge is 0.433 e. The Hall–Kier alpha value is -8.42. The van der Waals surface area contributed by atoms with E-state index in [0.717, 1.165) is 25.2 Å². The third kappa shape index (κ3) is 14.0. The Balaban J connectivity index is 0.000000236. The monoisotopic (exact) mass is 1180 g/mol. The predicted molar refractivity (Wildman–Crippen MR) is 309 cm³/mol. The Labute approximate surface area is 471 Å². The summed E-state index contributed by atoms with van der Waals surface area (Å²) < 4.78 is 119. The van der Waals surface area contributed by atoms with Crippen LogP contribution in [0.15, 0.2) is 110 Å². The molecule has 30 heteroatoms. The molecule has 438 valence electrons. The molecular formula is C52H62F4N16O8S2. The molecule has 0 atom stereocenters. The number of fused-ring (bicyclic) bond motifs is 2. The van der Waals surface area contributed by atoms with Gasteiger partial charge in [0, 0.05) is 133 Å². The van der Waals surface area contributed by atoms with Crippen molar-refractivity contribution in [3.63, 3.8) is 0 Å². The first-order valence-electron chi connectivity index (χ1n) is 24.8. The van der Waals surface area contributed by atoms with Crippen molar-refractivity contribution in [1.82, 2.24) is 46.3 Å². The van der Waals surface area contributed by atoms with E-state index in [2.05, 4.69) is 30.6 Å². The molecule has 0 spiro atoms. The van der Waals surface area contributed by atoms with Gasteiger partial charge >= 0.3 is 33.6 Å². The second kappa shape index (κ2) is 25.6. The fourth-order valence-corrected chi connectivity index (χ4v) is 10.3. The number of aromatic nitrogens is 6. The SMILES string of the molecule is CN(C)CCN(C)c1cc(OC(F)F)c(Nc2nccc(-c3cn(S(=O)(=O)N(C)C)c4ccccc34)n2)cc1N.CN(C)CCN(C)c1cc(OC(F)F)c(Nc2nccc(-c3cn(S(=O)(=O)N(C)C)c4ccccc34)n2)cc1[N+](=O)[O-]. The summed E-state index contributed by atoms with van der Waals surface area (Å²) in [7, 11) is 9.04. The Morgan fingerprint density at radius 1 is 0.598 bits per heavy atom. The molecule has 24 nitrogen and oxygen atoms in total. The number of para-hydroxylation sites is 2.